The lowest BCUT2D eigenvalue weighted by molar-refractivity contribution is -0.134. The number of aromatic amines is 2. The van der Waals surface area contributed by atoms with E-state index in [0.717, 1.165) is 22.4 Å². The molecule has 0 aliphatic rings. The lowest BCUT2D eigenvalue weighted by Gasteiger charge is -2.10. The van der Waals surface area contributed by atoms with Crippen molar-refractivity contribution < 1.29 is 52.8 Å². The maximum Gasteiger partial charge on any atom is 0.342 e. The molecule has 7 amide bonds. The number of rotatable bonds is 10. The van der Waals surface area contributed by atoms with Gasteiger partial charge < -0.3 is 89.7 Å². The number of aromatic nitrogens is 8. The van der Waals surface area contributed by atoms with Crippen LogP contribution in [0.1, 0.15) is 100 Å². The summed E-state index contributed by atoms with van der Waals surface area (Å²) in [4.78, 5) is 94.1. The highest BCUT2D eigenvalue weighted by atomic mass is 35.5. The number of ether oxygens (including phenoxy) is 4. The summed E-state index contributed by atoms with van der Waals surface area (Å²) < 4.78 is 22.2. The number of carboxylic acid groups (broad SMARTS) is 1. The third kappa shape index (κ3) is 97.7. The number of hydrogen-bond donors (Lipinski definition) is 16. The Morgan fingerprint density at radius 3 is 1.12 bits per heavy atom. The van der Waals surface area contributed by atoms with Gasteiger partial charge in [-0.15, -0.1) is 223 Å². The number of primary amides is 1. The van der Waals surface area contributed by atoms with Crippen LogP contribution in [-0.2, 0) is 9.59 Å². The van der Waals surface area contributed by atoms with E-state index in [1.807, 2.05) is 41.5 Å². The lowest BCUT2D eigenvalue weighted by atomic mass is 10.1. The summed E-state index contributed by atoms with van der Waals surface area (Å²) in [7, 11) is 5.90. The Hall–Kier alpha value is -4.54. The number of carbonyl (C=O) groups is 6. The van der Waals surface area contributed by atoms with Gasteiger partial charge in [0.1, 0.15) is 32.5 Å². The van der Waals surface area contributed by atoms with Crippen LogP contribution in [0.25, 0.3) is 0 Å². The van der Waals surface area contributed by atoms with Gasteiger partial charge in [0, 0.05) is 35.1 Å². The van der Waals surface area contributed by atoms with Crippen molar-refractivity contribution in [2.45, 2.75) is 118 Å². The Morgan fingerprint density at radius 1 is 0.566 bits per heavy atom. The van der Waals surface area contributed by atoms with E-state index >= 15 is 0 Å². The Balaban J connectivity index is -0.0000000224. The van der Waals surface area contributed by atoms with Crippen molar-refractivity contribution in [1.29, 1.82) is 5.26 Å². The molecule has 0 bridgehead atoms. The number of H-pyrrole nitrogens is 2. The zero-order chi connectivity index (χ0) is 57.6. The minimum atomic E-state index is -1.15. The van der Waals surface area contributed by atoms with E-state index in [-0.39, 0.29) is 335 Å². The van der Waals surface area contributed by atoms with Crippen molar-refractivity contribution in [2.24, 2.45) is 37.9 Å². The van der Waals surface area contributed by atoms with Gasteiger partial charge in [-0.3, -0.25) is 36.4 Å². The summed E-state index contributed by atoms with van der Waals surface area (Å²) in [5.41, 5.74) is 41.2. The number of aliphatic carboxylic acids is 1. The molecule has 24 N–H and O–H groups in total. The van der Waals surface area contributed by atoms with Crippen LogP contribution in [0.2, 0.25) is 0 Å². The fraction of sp³-hybridized carbons (Fsp3) is 0.511. The molecule has 1 atom stereocenters. The average Bonchev–Trinajstić information content (AvgIpc) is 4.13. The number of imidazole rings is 4. The van der Waals surface area contributed by atoms with E-state index in [2.05, 4.69) is 77.2 Å². The van der Waals surface area contributed by atoms with Gasteiger partial charge >= 0.3 is 24.1 Å². The number of halogens is 18. The van der Waals surface area contributed by atoms with Crippen LogP contribution < -0.4 is 91.4 Å². The number of nitrogens with zero attached hydrogens (tertiary/aromatic N) is 10. The topological polar surface area (TPSA) is 582 Å². The van der Waals surface area contributed by atoms with E-state index in [1.165, 1.54) is 72.4 Å². The second-order valence-electron chi connectivity index (χ2n) is 14.7. The number of aliphatic imine (C=N–C) groups is 3. The van der Waals surface area contributed by atoms with Gasteiger partial charge in [0.25, 0.3) is 29.5 Å². The van der Waals surface area contributed by atoms with E-state index in [4.69, 9.17) is 74.2 Å². The molecular weight excluding hydrogens is 1700 g/mol. The highest BCUT2D eigenvalue weighted by molar-refractivity contribution is 5.91. The molecule has 36 nitrogen and oxygen atoms in total. The minimum absolute atomic E-state index is 0. The minimum Gasteiger partial charge on any atom is -0.481 e. The van der Waals surface area contributed by atoms with E-state index < -0.39 is 30.0 Å². The quantitative estimate of drug-likeness (QED) is 0.0398. The number of carboxylic acids is 1. The van der Waals surface area contributed by atoms with E-state index in [9.17, 15) is 24.0 Å². The summed E-state index contributed by atoms with van der Waals surface area (Å²) in [6, 6.07) is -1.37. The summed E-state index contributed by atoms with van der Waals surface area (Å²) in [5, 5.41) is 26.8. The average molecular weight is 1820 g/mol. The predicted molar refractivity (Wildman–Crippen MR) is 450 cm³/mol. The zero-order valence-electron chi connectivity index (χ0n) is 50.0. The van der Waals surface area contributed by atoms with Crippen molar-refractivity contribution in [3.8, 4) is 29.6 Å². The first kappa shape index (κ1) is 187. The first-order valence-electron chi connectivity index (χ1n) is 20.6. The molecule has 0 fully saturated rings. The van der Waals surface area contributed by atoms with Crippen LogP contribution in [0.5, 0.6) is 23.5 Å². The summed E-state index contributed by atoms with van der Waals surface area (Å²) >= 11 is 0. The molecule has 0 aliphatic heterocycles. The second-order valence-corrected chi connectivity index (χ2v) is 14.7. The van der Waals surface area contributed by atoms with Crippen LogP contribution in [-0.4, -0.2) is 158 Å². The molecule has 4 rings (SSSR count). The van der Waals surface area contributed by atoms with Gasteiger partial charge in [-0.05, 0) is 41.5 Å². The Labute approximate surface area is 694 Å². The summed E-state index contributed by atoms with van der Waals surface area (Å²) in [6.07, 6.45) is 9.10. The number of nitrogens with two attached hydrogens (primary N) is 8. The highest BCUT2D eigenvalue weighted by Crippen LogP contribution is 2.19. The van der Waals surface area contributed by atoms with E-state index in [1.54, 1.807) is 0 Å². The molecule has 0 aliphatic carbocycles. The number of urea groups is 2. The third-order valence-corrected chi connectivity index (χ3v) is 6.58. The maximum absolute atomic E-state index is 11.3. The number of nitrogen functional groups attached to an aromatic ring is 4. The normalized spacial score (nSPS) is 7.89. The van der Waals surface area contributed by atoms with Crippen molar-refractivity contribution in [2.75, 3.05) is 64.6 Å². The van der Waals surface area contributed by atoms with Gasteiger partial charge in [0.2, 0.25) is 5.91 Å². The van der Waals surface area contributed by atoms with Crippen LogP contribution in [0.3, 0.4) is 0 Å². The van der Waals surface area contributed by atoms with Gasteiger partial charge in [-0.2, -0.15) is 20.2 Å². The van der Waals surface area contributed by atoms with Crippen molar-refractivity contribution in [3.05, 3.63) is 25.3 Å². The molecule has 612 valence electrons. The number of nitrogens with one attached hydrogen (secondary N) is 7. The van der Waals surface area contributed by atoms with Gasteiger partial charge in [0.05, 0.1) is 29.8 Å². The van der Waals surface area contributed by atoms with Crippen LogP contribution >= 0.6 is 223 Å². The SMILES string of the molecule is C.C.C.C.C.C.C.CC(=O)O.CC(C)(C)N=COc1nc[nH]c1N.CNC(=O)N=CNC(=O)NC.CNC(=O)n1cnc(OC=NC(C)(C)C)c1N.CNC(=O)n1cnc(OCN)c1N.Cl.Cl.Cl.Cl.Cl.Cl.Cl.Cl.Cl.Cl.Cl.Cl.Cl.Cl.Cl.Cl.Cl.Cl.N#CC(N)C(N)=O.NCOc1nc[nH]c1N. The fourth-order valence-corrected chi connectivity index (χ4v) is 3.22. The highest BCUT2D eigenvalue weighted by Gasteiger charge is 2.14. The zero-order valence-corrected chi connectivity index (χ0v) is 64.7. The molecular formula is C45H115Cl18N25O11. The van der Waals surface area contributed by atoms with Crippen molar-refractivity contribution in [1.82, 2.24) is 65.6 Å². The molecule has 0 saturated heterocycles. The predicted octanol–water partition coefficient (Wildman–Crippen LogP) is 10.0. The Bertz CT molecular complexity index is 2490. The van der Waals surface area contributed by atoms with Gasteiger partial charge in [0.15, 0.2) is 42.1 Å². The summed E-state index contributed by atoms with van der Waals surface area (Å²) in [6.45, 7) is 12.9. The van der Waals surface area contributed by atoms with Gasteiger partial charge in [-0.25, -0.2) is 38.3 Å². The first-order chi connectivity index (χ1) is 34.5. The smallest absolute Gasteiger partial charge is 0.342 e. The van der Waals surface area contributed by atoms with Crippen molar-refractivity contribution in [3.63, 3.8) is 0 Å². The molecule has 4 heterocycles. The molecule has 4 aromatic rings. The largest absolute Gasteiger partial charge is 0.481 e. The third-order valence-electron chi connectivity index (χ3n) is 6.58. The Kier molecular flexibility index (Phi) is 202. The Morgan fingerprint density at radius 2 is 0.869 bits per heavy atom. The standard InChI is InChI=1S/C10H17N5O2.C8H14N4O.C6H11N5O2.C5H10N4O2.C4H8N4O.C3H5N3O.C2H4O2.7CH4.18ClH/c1-10(2,3)14-6-17-8-7(11)15(5-13-8)9(16)12-4;1-8(2,3)12-5-13-7-6(9)10-4-11-7;1-9-6(12)11-3-10-5(4(11)8)13-2-7;1-6-4(10)8-3-9-5(11)7-2;5-1-9-4-3(6)7-2-8-4;4-1-2(5)3(6)7;1-2(3)4;;;;;;;;;;;;;;;;;;;;;;;;;/h5-6H,11H2,1-4H3,(H,12,16);4-5H,9H2,1-3H3,(H,10,11);3H,2,7-8H2,1H3,(H,9,12);3H,1-2H3,(H3,6,7,8,9,10,11);2H,1,5-6H2,(H,7,8);2H,5H2,(H2,6,7);1H3,(H,3,4);7*1H4;18*1H. The van der Waals surface area contributed by atoms with E-state index in [0.29, 0.717) is 23.4 Å². The number of anilines is 4. The summed E-state index contributed by atoms with van der Waals surface area (Å²) in [5.74, 6) is 0.469. The van der Waals surface area contributed by atoms with Crippen LogP contribution in [0.15, 0.2) is 40.3 Å². The number of amides is 7. The number of hydrogen-bond acceptors (Lipinski definition) is 24. The van der Waals surface area contributed by atoms with Crippen molar-refractivity contribution >= 4 is 302 Å². The molecule has 0 aromatic carbocycles. The molecule has 0 spiro atoms. The van der Waals surface area contributed by atoms with Gasteiger partial charge in [-0.1, -0.05) is 52.0 Å². The molecule has 4 aromatic heterocycles. The second kappa shape index (κ2) is 107. The first-order valence-corrected chi connectivity index (χ1v) is 20.6. The number of carbonyl (C=O) groups excluding carboxylic acids is 5. The monoisotopic (exact) mass is 1810 g/mol. The van der Waals surface area contributed by atoms with Crippen LogP contribution in [0.4, 0.5) is 42.4 Å². The molecule has 99 heavy (non-hydrogen) atoms. The molecule has 0 radical (unpaired) electrons. The van der Waals surface area contributed by atoms with Crippen LogP contribution in [0, 0.1) is 11.3 Å². The number of nitriles is 1. The fourth-order valence-electron chi connectivity index (χ4n) is 3.22. The molecule has 1 unspecified atom stereocenters. The maximum atomic E-state index is 11.3. The molecule has 0 saturated carbocycles. The lowest BCUT2D eigenvalue weighted by Crippen LogP contribution is -2.34. The molecule has 54 heteroatoms.